The molecule has 6 nitrogen and oxygen atoms in total. The summed E-state index contributed by atoms with van der Waals surface area (Å²) in [5, 5.41) is 13.5. The van der Waals surface area contributed by atoms with Crippen LogP contribution in [-0.2, 0) is 17.9 Å². The quantitative estimate of drug-likeness (QED) is 0.302. The number of carbonyl (C=O) groups is 1. The maximum Gasteiger partial charge on any atom is 0.304 e. The molecule has 0 fully saturated rings. The van der Waals surface area contributed by atoms with E-state index in [2.05, 4.69) is 29.3 Å². The fourth-order valence-corrected chi connectivity index (χ4v) is 4.99. The van der Waals surface area contributed by atoms with Crippen molar-refractivity contribution in [2.24, 2.45) is 0 Å². The van der Waals surface area contributed by atoms with Gasteiger partial charge in [0.05, 0.1) is 17.8 Å². The molecule has 0 spiro atoms. The van der Waals surface area contributed by atoms with Crippen molar-refractivity contribution < 1.29 is 14.6 Å². The first kappa shape index (κ1) is 28.4. The van der Waals surface area contributed by atoms with Gasteiger partial charge in [-0.2, -0.15) is 0 Å². The predicted octanol–water partition coefficient (Wildman–Crippen LogP) is 6.61. The van der Waals surface area contributed by atoms with Crippen molar-refractivity contribution >= 4 is 28.9 Å². The van der Waals surface area contributed by atoms with E-state index in [0.717, 1.165) is 53.3 Å². The average Bonchev–Trinajstić information content (AvgIpc) is 3.08. The Kier molecular flexibility index (Phi) is 9.84. The monoisotopic (exact) mass is 523 g/mol. The highest BCUT2D eigenvalue weighted by atomic mass is 35.5. The number of nitrogens with zero attached hydrogens (tertiary/aromatic N) is 1. The van der Waals surface area contributed by atoms with Gasteiger partial charge in [-0.3, -0.25) is 9.69 Å². The topological polar surface area (TPSA) is 87.8 Å². The zero-order chi connectivity index (χ0) is 27.1. The molecule has 0 bridgehead atoms. The second-order valence-corrected chi connectivity index (χ2v) is 9.57. The summed E-state index contributed by atoms with van der Waals surface area (Å²) in [7, 11) is 1.83. The van der Waals surface area contributed by atoms with Gasteiger partial charge in [-0.1, -0.05) is 49.7 Å². The summed E-state index contributed by atoms with van der Waals surface area (Å²) in [4.78, 5) is 14.2. The third-order valence-corrected chi connectivity index (χ3v) is 7.07. The second kappa shape index (κ2) is 12.8. The molecule has 1 unspecified atom stereocenters. The van der Waals surface area contributed by atoms with E-state index in [1.54, 1.807) is 0 Å². The summed E-state index contributed by atoms with van der Waals surface area (Å²) in [5.41, 5.74) is 14.1. The van der Waals surface area contributed by atoms with Gasteiger partial charge in [0.25, 0.3) is 0 Å². The van der Waals surface area contributed by atoms with Crippen molar-refractivity contribution in [3.8, 4) is 5.75 Å². The summed E-state index contributed by atoms with van der Waals surface area (Å²) in [5.74, 6) is -0.264. The summed E-state index contributed by atoms with van der Waals surface area (Å²) in [6.45, 7) is 10.9. The molecular formula is C30H38ClN3O3. The van der Waals surface area contributed by atoms with Crippen LogP contribution >= 0.6 is 11.6 Å². The standard InChI is InChI=1S/C28H32ClN3O3.C2H6/c1-17-4-5-19(24(14-27(33)34)23-7-8-25(31-3)28(30)18(23)2)12-20(17)15-32-10-11-35-26-9-6-22(29)13-21(26)16-32;1-2/h4-9,12-13,24,31H,10-11,14-16,30H2,1-3H3,(H,33,34);1-2H3. The Morgan fingerprint density at radius 3 is 2.62 bits per heavy atom. The van der Waals surface area contributed by atoms with Gasteiger partial charge in [0, 0.05) is 43.2 Å². The van der Waals surface area contributed by atoms with Gasteiger partial charge < -0.3 is 20.9 Å². The van der Waals surface area contributed by atoms with Gasteiger partial charge in [0.2, 0.25) is 0 Å². The van der Waals surface area contributed by atoms with E-state index >= 15 is 0 Å². The Labute approximate surface area is 225 Å². The minimum Gasteiger partial charge on any atom is -0.492 e. The van der Waals surface area contributed by atoms with Crippen LogP contribution in [0.1, 0.15) is 59.6 Å². The number of benzene rings is 3. The number of carboxylic acid groups (broad SMARTS) is 1. The van der Waals surface area contributed by atoms with E-state index in [0.29, 0.717) is 17.3 Å². The lowest BCUT2D eigenvalue weighted by atomic mass is 9.84. The summed E-state index contributed by atoms with van der Waals surface area (Å²) in [6.07, 6.45) is -0.00882. The van der Waals surface area contributed by atoms with Crippen molar-refractivity contribution in [1.82, 2.24) is 4.90 Å². The molecule has 0 aromatic heterocycles. The number of hydrogen-bond donors (Lipinski definition) is 3. The number of aryl methyl sites for hydroxylation is 1. The molecule has 3 aromatic rings. The molecule has 37 heavy (non-hydrogen) atoms. The lowest BCUT2D eigenvalue weighted by Crippen LogP contribution is -2.25. The highest BCUT2D eigenvalue weighted by Crippen LogP contribution is 2.36. The highest BCUT2D eigenvalue weighted by Gasteiger charge is 2.23. The van der Waals surface area contributed by atoms with Gasteiger partial charge in [0.15, 0.2) is 0 Å². The number of fused-ring (bicyclic) bond motifs is 1. The number of rotatable bonds is 7. The first-order valence-electron chi connectivity index (χ1n) is 12.8. The molecule has 1 aliphatic heterocycles. The van der Waals surface area contributed by atoms with Gasteiger partial charge in [-0.25, -0.2) is 0 Å². The highest BCUT2D eigenvalue weighted by molar-refractivity contribution is 6.30. The van der Waals surface area contributed by atoms with E-state index < -0.39 is 5.97 Å². The number of aliphatic carboxylic acids is 1. The number of anilines is 2. The number of nitrogens with one attached hydrogen (secondary N) is 1. The fourth-order valence-electron chi connectivity index (χ4n) is 4.79. The fraction of sp³-hybridized carbons (Fsp3) is 0.367. The van der Waals surface area contributed by atoms with Gasteiger partial charge in [-0.05, 0) is 65.9 Å². The molecule has 4 rings (SSSR count). The SMILES string of the molecule is CC.CNc1ccc(C(CC(=O)O)c2ccc(C)c(CN3CCOc4ccc(Cl)cc4C3)c2)c(C)c1N. The van der Waals surface area contributed by atoms with Crippen LogP contribution in [0.15, 0.2) is 48.5 Å². The molecule has 4 N–H and O–H groups in total. The molecule has 0 amide bonds. The van der Waals surface area contributed by atoms with Crippen molar-refractivity contribution in [3.63, 3.8) is 0 Å². The Morgan fingerprint density at radius 2 is 1.92 bits per heavy atom. The number of ether oxygens (including phenoxy) is 1. The normalized spacial score (nSPS) is 13.9. The Balaban J connectivity index is 0.00000186. The molecule has 7 heteroatoms. The Hall–Kier alpha value is -3.22. The summed E-state index contributed by atoms with van der Waals surface area (Å²) in [6, 6.07) is 15.9. The lowest BCUT2D eigenvalue weighted by molar-refractivity contribution is -0.137. The molecule has 1 aliphatic rings. The number of carboxylic acids is 1. The molecule has 0 aliphatic carbocycles. The molecule has 3 aromatic carbocycles. The maximum atomic E-state index is 11.9. The molecule has 198 valence electrons. The van der Waals surface area contributed by atoms with E-state index in [4.69, 9.17) is 22.1 Å². The molecule has 1 atom stereocenters. The van der Waals surface area contributed by atoms with E-state index in [1.165, 1.54) is 11.1 Å². The van der Waals surface area contributed by atoms with Crippen LogP contribution in [0, 0.1) is 13.8 Å². The van der Waals surface area contributed by atoms with E-state index in [1.807, 2.05) is 64.2 Å². The molecule has 0 radical (unpaired) electrons. The average molecular weight is 524 g/mol. The van der Waals surface area contributed by atoms with Crippen LogP contribution < -0.4 is 15.8 Å². The molecular weight excluding hydrogens is 486 g/mol. The minimum absolute atomic E-state index is 0.00882. The first-order valence-corrected chi connectivity index (χ1v) is 13.2. The smallest absolute Gasteiger partial charge is 0.304 e. The van der Waals surface area contributed by atoms with E-state index in [-0.39, 0.29) is 12.3 Å². The third-order valence-electron chi connectivity index (χ3n) is 6.83. The predicted molar refractivity (Wildman–Crippen MR) is 153 cm³/mol. The van der Waals surface area contributed by atoms with Crippen molar-refractivity contribution in [2.75, 3.05) is 31.2 Å². The molecule has 0 saturated heterocycles. The van der Waals surface area contributed by atoms with E-state index in [9.17, 15) is 9.90 Å². The third kappa shape index (κ3) is 6.76. The zero-order valence-corrected chi connectivity index (χ0v) is 23.2. The van der Waals surface area contributed by atoms with Gasteiger partial charge in [0.1, 0.15) is 12.4 Å². The number of nitrogen functional groups attached to an aromatic ring is 1. The van der Waals surface area contributed by atoms with Crippen molar-refractivity contribution in [1.29, 1.82) is 0 Å². The summed E-state index contributed by atoms with van der Waals surface area (Å²) >= 11 is 6.23. The maximum absolute atomic E-state index is 11.9. The van der Waals surface area contributed by atoms with Crippen LogP contribution in [0.25, 0.3) is 0 Å². The van der Waals surface area contributed by atoms with Crippen LogP contribution in [0.3, 0.4) is 0 Å². The van der Waals surface area contributed by atoms with Gasteiger partial charge >= 0.3 is 5.97 Å². The van der Waals surface area contributed by atoms with Crippen LogP contribution in [-0.4, -0.2) is 36.2 Å². The minimum atomic E-state index is -0.842. The largest absolute Gasteiger partial charge is 0.492 e. The van der Waals surface area contributed by atoms with Crippen LogP contribution in [0.5, 0.6) is 5.75 Å². The van der Waals surface area contributed by atoms with Crippen molar-refractivity contribution in [2.45, 2.75) is 53.1 Å². The number of hydrogen-bond acceptors (Lipinski definition) is 5. The number of nitrogens with two attached hydrogens (primary N) is 1. The number of halogens is 1. The Bertz CT molecular complexity index is 1240. The zero-order valence-electron chi connectivity index (χ0n) is 22.4. The van der Waals surface area contributed by atoms with Crippen LogP contribution in [0.2, 0.25) is 5.02 Å². The summed E-state index contributed by atoms with van der Waals surface area (Å²) < 4.78 is 5.93. The molecule has 1 heterocycles. The van der Waals surface area contributed by atoms with Crippen molar-refractivity contribution in [3.05, 3.63) is 86.9 Å². The molecule has 0 saturated carbocycles. The Morgan fingerprint density at radius 1 is 1.16 bits per heavy atom. The lowest BCUT2D eigenvalue weighted by Gasteiger charge is -2.24. The second-order valence-electron chi connectivity index (χ2n) is 9.14. The first-order chi connectivity index (χ1) is 17.8. The van der Waals surface area contributed by atoms with Crippen LogP contribution in [0.4, 0.5) is 11.4 Å². The van der Waals surface area contributed by atoms with Gasteiger partial charge in [-0.15, -0.1) is 0 Å².